The van der Waals surface area contributed by atoms with Crippen LogP contribution in [0.4, 0.5) is 0 Å². The summed E-state index contributed by atoms with van der Waals surface area (Å²) in [6, 6.07) is 12.8. The molecule has 1 unspecified atom stereocenters. The molecule has 1 N–H and O–H groups in total. The van der Waals surface area contributed by atoms with Crippen LogP contribution >= 0.6 is 0 Å². The highest BCUT2D eigenvalue weighted by atomic mass is 15.1. The van der Waals surface area contributed by atoms with E-state index in [0.717, 1.165) is 13.1 Å². The Labute approximate surface area is 97.7 Å². The van der Waals surface area contributed by atoms with Crippen LogP contribution in [0.25, 0.3) is 0 Å². The van der Waals surface area contributed by atoms with E-state index >= 15 is 0 Å². The monoisotopic (exact) mass is 217 g/mol. The molecule has 0 amide bonds. The van der Waals surface area contributed by atoms with Gasteiger partial charge in [0.05, 0.1) is 12.6 Å². The first kappa shape index (κ1) is 12.7. The van der Waals surface area contributed by atoms with Gasteiger partial charge in [-0.3, -0.25) is 0 Å². The number of rotatable bonds is 6. The van der Waals surface area contributed by atoms with Gasteiger partial charge in [-0.05, 0) is 19.5 Å². The van der Waals surface area contributed by atoms with Gasteiger partial charge in [-0.2, -0.15) is 5.26 Å². The number of hydrogen-bond donors (Lipinski definition) is 1. The van der Waals surface area contributed by atoms with Crippen molar-refractivity contribution in [2.75, 3.05) is 20.1 Å². The van der Waals surface area contributed by atoms with E-state index in [2.05, 4.69) is 54.5 Å². The Morgan fingerprint density at radius 3 is 2.69 bits per heavy atom. The fourth-order valence-electron chi connectivity index (χ4n) is 1.71. The molecule has 0 aliphatic heterocycles. The lowest BCUT2D eigenvalue weighted by Gasteiger charge is -2.21. The molecule has 0 aliphatic rings. The van der Waals surface area contributed by atoms with Gasteiger partial charge in [0, 0.05) is 19.1 Å². The minimum absolute atomic E-state index is 0.341. The van der Waals surface area contributed by atoms with Crippen LogP contribution in [0.15, 0.2) is 30.3 Å². The molecule has 0 saturated heterocycles. The van der Waals surface area contributed by atoms with Crippen LogP contribution in [0.5, 0.6) is 0 Å². The fraction of sp³-hybridized carbons (Fsp3) is 0.462. The Kier molecular flexibility index (Phi) is 5.55. The third-order valence-corrected chi connectivity index (χ3v) is 2.41. The van der Waals surface area contributed by atoms with E-state index in [4.69, 9.17) is 5.26 Å². The highest BCUT2D eigenvalue weighted by Gasteiger charge is 2.05. The molecular weight excluding hydrogens is 198 g/mol. The summed E-state index contributed by atoms with van der Waals surface area (Å²) in [6.07, 6.45) is 0. The highest BCUT2D eigenvalue weighted by molar-refractivity contribution is 5.14. The molecule has 86 valence electrons. The van der Waals surface area contributed by atoms with E-state index < -0.39 is 0 Å². The summed E-state index contributed by atoms with van der Waals surface area (Å²) in [5.74, 6) is 0. The number of likely N-dealkylation sites (N-methyl/N-ethyl adjacent to an activating group) is 1. The normalized spacial score (nSPS) is 12.4. The molecule has 0 radical (unpaired) electrons. The summed E-state index contributed by atoms with van der Waals surface area (Å²) in [6.45, 7) is 4.40. The molecular formula is C13H19N3. The summed E-state index contributed by atoms with van der Waals surface area (Å²) < 4.78 is 0. The van der Waals surface area contributed by atoms with E-state index in [9.17, 15) is 0 Å². The van der Waals surface area contributed by atoms with Crippen LogP contribution in [0.1, 0.15) is 12.5 Å². The average Bonchev–Trinajstić information content (AvgIpc) is 2.27. The molecule has 0 saturated carbocycles. The van der Waals surface area contributed by atoms with Crippen LogP contribution in [0, 0.1) is 11.3 Å². The first-order valence-electron chi connectivity index (χ1n) is 5.55. The Balaban J connectivity index is 2.31. The van der Waals surface area contributed by atoms with Crippen LogP contribution in [-0.2, 0) is 6.54 Å². The molecule has 0 bridgehead atoms. The van der Waals surface area contributed by atoms with Gasteiger partial charge < -0.3 is 10.2 Å². The van der Waals surface area contributed by atoms with Crippen molar-refractivity contribution >= 4 is 0 Å². The highest BCUT2D eigenvalue weighted by Crippen LogP contribution is 2.02. The first-order chi connectivity index (χ1) is 7.72. The molecule has 1 aromatic carbocycles. The molecule has 0 spiro atoms. The molecule has 0 aromatic heterocycles. The van der Waals surface area contributed by atoms with Crippen LogP contribution in [-0.4, -0.2) is 31.1 Å². The first-order valence-corrected chi connectivity index (χ1v) is 5.55. The van der Waals surface area contributed by atoms with Gasteiger partial charge in [0.1, 0.15) is 0 Å². The lowest BCUT2D eigenvalue weighted by molar-refractivity contribution is 0.293. The van der Waals surface area contributed by atoms with Gasteiger partial charge in [0.25, 0.3) is 0 Å². The fourth-order valence-corrected chi connectivity index (χ4v) is 1.71. The second kappa shape index (κ2) is 7.00. The Bertz CT molecular complexity index is 329. The van der Waals surface area contributed by atoms with Crippen LogP contribution in [0.2, 0.25) is 0 Å². The molecule has 16 heavy (non-hydrogen) atoms. The van der Waals surface area contributed by atoms with E-state index in [1.807, 2.05) is 6.07 Å². The summed E-state index contributed by atoms with van der Waals surface area (Å²) in [7, 11) is 2.09. The second-order valence-electron chi connectivity index (χ2n) is 4.12. The largest absolute Gasteiger partial charge is 0.301 e. The molecule has 1 atom stereocenters. The topological polar surface area (TPSA) is 39.1 Å². The van der Waals surface area contributed by atoms with Crippen LogP contribution in [0.3, 0.4) is 0 Å². The second-order valence-corrected chi connectivity index (χ2v) is 4.12. The van der Waals surface area contributed by atoms with Crippen molar-refractivity contribution < 1.29 is 0 Å². The van der Waals surface area contributed by atoms with Crippen LogP contribution < -0.4 is 5.32 Å². The Morgan fingerprint density at radius 1 is 1.38 bits per heavy atom. The van der Waals surface area contributed by atoms with E-state index in [1.165, 1.54) is 5.56 Å². The third-order valence-electron chi connectivity index (χ3n) is 2.41. The van der Waals surface area contributed by atoms with Crippen molar-refractivity contribution in [1.82, 2.24) is 10.2 Å². The van der Waals surface area contributed by atoms with Gasteiger partial charge in [0.15, 0.2) is 0 Å². The lowest BCUT2D eigenvalue weighted by Crippen LogP contribution is -2.37. The summed E-state index contributed by atoms with van der Waals surface area (Å²) >= 11 is 0. The van der Waals surface area contributed by atoms with Crippen molar-refractivity contribution in [2.45, 2.75) is 19.5 Å². The standard InChI is InChI=1S/C13H19N3/c1-12(15-9-8-14)10-16(2)11-13-6-4-3-5-7-13/h3-7,12,15H,9-11H2,1-2H3. The van der Waals surface area contributed by atoms with Crippen molar-refractivity contribution in [1.29, 1.82) is 5.26 Å². The molecule has 1 aromatic rings. The average molecular weight is 217 g/mol. The zero-order valence-corrected chi connectivity index (χ0v) is 9.98. The number of benzene rings is 1. The van der Waals surface area contributed by atoms with E-state index in [0.29, 0.717) is 12.6 Å². The minimum atomic E-state index is 0.341. The maximum absolute atomic E-state index is 8.46. The quantitative estimate of drug-likeness (QED) is 0.736. The Hall–Kier alpha value is -1.37. The zero-order chi connectivity index (χ0) is 11.8. The maximum Gasteiger partial charge on any atom is 0.0843 e. The number of hydrogen-bond acceptors (Lipinski definition) is 3. The SMILES string of the molecule is CC(CN(C)Cc1ccccc1)NCC#N. The Morgan fingerprint density at radius 2 is 2.06 bits per heavy atom. The zero-order valence-electron chi connectivity index (χ0n) is 9.98. The van der Waals surface area contributed by atoms with Crippen molar-refractivity contribution in [2.24, 2.45) is 0 Å². The smallest absolute Gasteiger partial charge is 0.0843 e. The molecule has 1 rings (SSSR count). The summed E-state index contributed by atoms with van der Waals surface area (Å²) in [4.78, 5) is 2.25. The molecule has 3 heteroatoms. The van der Waals surface area contributed by atoms with E-state index in [-0.39, 0.29) is 0 Å². The molecule has 0 fully saturated rings. The summed E-state index contributed by atoms with van der Waals surface area (Å²) in [5, 5.41) is 11.6. The number of nitrogens with zero attached hydrogens (tertiary/aromatic N) is 2. The van der Waals surface area contributed by atoms with Gasteiger partial charge in [-0.25, -0.2) is 0 Å². The van der Waals surface area contributed by atoms with Crippen molar-refractivity contribution in [3.05, 3.63) is 35.9 Å². The van der Waals surface area contributed by atoms with E-state index in [1.54, 1.807) is 0 Å². The minimum Gasteiger partial charge on any atom is -0.301 e. The number of nitrogens with one attached hydrogen (secondary N) is 1. The van der Waals surface area contributed by atoms with Gasteiger partial charge in [-0.15, -0.1) is 0 Å². The van der Waals surface area contributed by atoms with Crippen molar-refractivity contribution in [3.8, 4) is 6.07 Å². The molecule has 0 aliphatic carbocycles. The number of nitriles is 1. The molecule has 0 heterocycles. The maximum atomic E-state index is 8.46. The van der Waals surface area contributed by atoms with Gasteiger partial charge in [-0.1, -0.05) is 30.3 Å². The van der Waals surface area contributed by atoms with Gasteiger partial charge in [0.2, 0.25) is 0 Å². The predicted octanol–water partition coefficient (Wildman–Crippen LogP) is 1.62. The molecule has 3 nitrogen and oxygen atoms in total. The lowest BCUT2D eigenvalue weighted by atomic mass is 10.2. The third kappa shape index (κ3) is 4.92. The summed E-state index contributed by atoms with van der Waals surface area (Å²) in [5.41, 5.74) is 1.32. The predicted molar refractivity (Wildman–Crippen MR) is 65.9 cm³/mol. The van der Waals surface area contributed by atoms with Crippen molar-refractivity contribution in [3.63, 3.8) is 0 Å². The van der Waals surface area contributed by atoms with Gasteiger partial charge >= 0.3 is 0 Å².